The van der Waals surface area contributed by atoms with Crippen LogP contribution in [-0.2, 0) is 4.74 Å². The molecule has 1 aliphatic carbocycles. The van der Waals surface area contributed by atoms with E-state index in [4.69, 9.17) is 9.84 Å². The quantitative estimate of drug-likeness (QED) is 0.708. The normalized spacial score (nSPS) is 25.7. The summed E-state index contributed by atoms with van der Waals surface area (Å²) in [6.07, 6.45) is 0.628. The fourth-order valence-electron chi connectivity index (χ4n) is 1.18. The monoisotopic (exact) mass is 223 g/mol. The van der Waals surface area contributed by atoms with Crippen LogP contribution in [0.2, 0.25) is 0 Å². The van der Waals surface area contributed by atoms with E-state index in [1.807, 2.05) is 20.8 Å². The van der Waals surface area contributed by atoms with E-state index in [-0.39, 0.29) is 24.6 Å². The van der Waals surface area contributed by atoms with Crippen LogP contribution in [0, 0.1) is 0 Å². The Bertz CT molecular complexity index is 197. The van der Waals surface area contributed by atoms with Gasteiger partial charge >= 0.3 is 6.09 Å². The van der Waals surface area contributed by atoms with Crippen molar-refractivity contribution in [2.75, 3.05) is 0 Å². The molecule has 0 radical (unpaired) electrons. The second-order valence-corrected chi connectivity index (χ2v) is 4.47. The van der Waals surface area contributed by atoms with Crippen LogP contribution in [0.5, 0.6) is 0 Å². The average molecular weight is 224 g/mol. The van der Waals surface area contributed by atoms with Crippen molar-refractivity contribution in [1.82, 2.24) is 5.32 Å². The maximum atomic E-state index is 11.2. The van der Waals surface area contributed by atoms with Gasteiger partial charge in [-0.2, -0.15) is 0 Å². The minimum atomic E-state index is -0.452. The summed E-state index contributed by atoms with van der Waals surface area (Å²) in [5.41, 5.74) is -0.452. The summed E-state index contributed by atoms with van der Waals surface area (Å²) in [6.45, 7) is 5.46. The lowest BCUT2D eigenvalue weighted by atomic mass is 9.90. The zero-order chi connectivity index (χ0) is 10.1. The molecule has 84 valence electrons. The molecule has 0 spiro atoms. The Kier molecular flexibility index (Phi) is 4.68. The minimum absolute atomic E-state index is 0. The molecule has 0 saturated heterocycles. The smallest absolute Gasteiger partial charge is 0.407 e. The number of ether oxygens (including phenoxy) is 1. The van der Waals surface area contributed by atoms with E-state index >= 15 is 0 Å². The molecule has 1 aliphatic rings. The van der Waals surface area contributed by atoms with Gasteiger partial charge in [-0.15, -0.1) is 12.4 Å². The molecule has 0 unspecified atom stereocenters. The fourth-order valence-corrected chi connectivity index (χ4v) is 1.18. The molecule has 0 aromatic carbocycles. The molecule has 1 fully saturated rings. The molecule has 4 nitrogen and oxygen atoms in total. The molecule has 1 rings (SSSR count). The average Bonchev–Trinajstić information content (AvgIpc) is 1.79. The number of hydrogen-bond acceptors (Lipinski definition) is 3. The Labute approximate surface area is 90.4 Å². The third kappa shape index (κ3) is 4.67. The summed E-state index contributed by atoms with van der Waals surface area (Å²) in [5.74, 6) is 0. The lowest BCUT2D eigenvalue weighted by molar-refractivity contribution is 0.0304. The molecule has 0 atom stereocenters. The van der Waals surface area contributed by atoms with Gasteiger partial charge in [0.15, 0.2) is 0 Å². The van der Waals surface area contributed by atoms with Crippen molar-refractivity contribution in [2.24, 2.45) is 0 Å². The fraction of sp³-hybridized carbons (Fsp3) is 0.889. The predicted molar refractivity (Wildman–Crippen MR) is 55.6 cm³/mol. The third-order valence-corrected chi connectivity index (χ3v) is 1.83. The lowest BCUT2D eigenvalue weighted by Crippen LogP contribution is -2.48. The van der Waals surface area contributed by atoms with E-state index in [1.54, 1.807) is 0 Å². The van der Waals surface area contributed by atoms with Crippen LogP contribution >= 0.6 is 12.4 Å². The van der Waals surface area contributed by atoms with E-state index in [1.165, 1.54) is 0 Å². The third-order valence-electron chi connectivity index (χ3n) is 1.83. The molecule has 14 heavy (non-hydrogen) atoms. The summed E-state index contributed by atoms with van der Waals surface area (Å²) < 4.78 is 5.05. The molecule has 1 amide bonds. The molecule has 0 aromatic rings. The van der Waals surface area contributed by atoms with E-state index in [9.17, 15) is 4.79 Å². The second kappa shape index (κ2) is 4.84. The summed E-state index contributed by atoms with van der Waals surface area (Å²) in [7, 11) is 0. The largest absolute Gasteiger partial charge is 0.444 e. The summed E-state index contributed by atoms with van der Waals surface area (Å²) >= 11 is 0. The van der Waals surface area contributed by atoms with E-state index in [0.717, 1.165) is 0 Å². The zero-order valence-electron chi connectivity index (χ0n) is 8.74. The van der Waals surface area contributed by atoms with Crippen LogP contribution in [0.1, 0.15) is 33.6 Å². The van der Waals surface area contributed by atoms with E-state index < -0.39 is 11.7 Å². The van der Waals surface area contributed by atoms with Gasteiger partial charge in [0.25, 0.3) is 0 Å². The predicted octanol–water partition coefficient (Wildman–Crippen LogP) is 1.46. The molecule has 0 aliphatic heterocycles. The van der Waals surface area contributed by atoms with Gasteiger partial charge < -0.3 is 15.2 Å². The Balaban J connectivity index is 0.00000169. The number of halogens is 1. The molecule has 0 aromatic heterocycles. The van der Waals surface area contributed by atoms with Crippen molar-refractivity contribution in [3.05, 3.63) is 0 Å². The molecule has 1 saturated carbocycles. The van der Waals surface area contributed by atoms with Gasteiger partial charge in [-0.3, -0.25) is 0 Å². The van der Waals surface area contributed by atoms with Gasteiger partial charge in [-0.05, 0) is 33.6 Å². The van der Waals surface area contributed by atoms with Crippen LogP contribution in [0.25, 0.3) is 0 Å². The van der Waals surface area contributed by atoms with Crippen molar-refractivity contribution >= 4 is 18.5 Å². The first-order chi connectivity index (χ1) is 5.87. The number of amides is 1. The maximum absolute atomic E-state index is 11.2. The highest BCUT2D eigenvalue weighted by Crippen LogP contribution is 2.19. The highest BCUT2D eigenvalue weighted by atomic mass is 35.5. The van der Waals surface area contributed by atoms with Crippen LogP contribution in [0.3, 0.4) is 0 Å². The maximum Gasteiger partial charge on any atom is 0.407 e. The van der Waals surface area contributed by atoms with Gasteiger partial charge in [-0.1, -0.05) is 0 Å². The first-order valence-electron chi connectivity index (χ1n) is 4.54. The SMILES string of the molecule is CC(C)(C)OC(=O)NC1CC(O)C1.Cl. The summed E-state index contributed by atoms with van der Waals surface area (Å²) in [6, 6.07) is 0.0878. The standard InChI is InChI=1S/C9H17NO3.ClH/c1-9(2,3)13-8(12)10-6-4-7(11)5-6;/h6-7,11H,4-5H2,1-3H3,(H,10,12);1H. The van der Waals surface area contributed by atoms with Crippen molar-refractivity contribution in [3.63, 3.8) is 0 Å². The highest BCUT2D eigenvalue weighted by Gasteiger charge is 2.29. The first kappa shape index (κ1) is 13.5. The van der Waals surface area contributed by atoms with E-state index in [0.29, 0.717) is 12.8 Å². The Morgan fingerprint density at radius 3 is 2.29 bits per heavy atom. The Morgan fingerprint density at radius 1 is 1.43 bits per heavy atom. The van der Waals surface area contributed by atoms with Crippen molar-refractivity contribution in [3.8, 4) is 0 Å². The van der Waals surface area contributed by atoms with Gasteiger partial charge in [-0.25, -0.2) is 4.79 Å². The lowest BCUT2D eigenvalue weighted by Gasteiger charge is -2.32. The molecular formula is C9H18ClNO3. The molecule has 2 N–H and O–H groups in total. The number of rotatable bonds is 1. The number of nitrogens with one attached hydrogen (secondary N) is 1. The minimum Gasteiger partial charge on any atom is -0.444 e. The molecular weight excluding hydrogens is 206 g/mol. The second-order valence-electron chi connectivity index (χ2n) is 4.47. The van der Waals surface area contributed by atoms with Crippen molar-refractivity contribution < 1.29 is 14.6 Å². The van der Waals surface area contributed by atoms with E-state index in [2.05, 4.69) is 5.32 Å². The van der Waals surface area contributed by atoms with Crippen LogP contribution in [0.4, 0.5) is 4.79 Å². The molecule has 0 heterocycles. The number of aliphatic hydroxyl groups is 1. The first-order valence-corrected chi connectivity index (χ1v) is 4.54. The topological polar surface area (TPSA) is 58.6 Å². The van der Waals surface area contributed by atoms with Crippen LogP contribution in [-0.4, -0.2) is 28.9 Å². The van der Waals surface area contributed by atoms with Crippen LogP contribution < -0.4 is 5.32 Å². The van der Waals surface area contributed by atoms with Crippen molar-refractivity contribution in [2.45, 2.75) is 51.4 Å². The number of aliphatic hydroxyl groups excluding tert-OH is 1. The van der Waals surface area contributed by atoms with Gasteiger partial charge in [0, 0.05) is 6.04 Å². The number of carbonyl (C=O) groups is 1. The van der Waals surface area contributed by atoms with Gasteiger partial charge in [0.2, 0.25) is 0 Å². The highest BCUT2D eigenvalue weighted by molar-refractivity contribution is 5.85. The van der Waals surface area contributed by atoms with Crippen molar-refractivity contribution in [1.29, 1.82) is 0 Å². The number of carbonyl (C=O) groups excluding carboxylic acids is 1. The van der Waals surface area contributed by atoms with Gasteiger partial charge in [0.1, 0.15) is 5.60 Å². The summed E-state index contributed by atoms with van der Waals surface area (Å²) in [5, 5.41) is 11.7. The molecule has 0 bridgehead atoms. The number of hydrogen-bond donors (Lipinski definition) is 2. The molecule has 5 heteroatoms. The van der Waals surface area contributed by atoms with Crippen LogP contribution in [0.15, 0.2) is 0 Å². The Morgan fingerprint density at radius 2 is 1.93 bits per heavy atom. The number of alkyl carbamates (subject to hydrolysis) is 1. The summed E-state index contributed by atoms with van der Waals surface area (Å²) in [4.78, 5) is 11.2. The Hall–Kier alpha value is -0.480. The van der Waals surface area contributed by atoms with Gasteiger partial charge in [0.05, 0.1) is 6.10 Å². The zero-order valence-corrected chi connectivity index (χ0v) is 9.56.